The molecule has 0 aliphatic carbocycles. The van der Waals surface area contributed by atoms with E-state index in [2.05, 4.69) is 35.3 Å². The van der Waals surface area contributed by atoms with Crippen molar-refractivity contribution in [3.8, 4) is 23.2 Å². The Balaban J connectivity index is 1.99. The van der Waals surface area contributed by atoms with Gasteiger partial charge in [0.05, 0.1) is 17.2 Å². The number of aromatic nitrogens is 2. The Kier molecular flexibility index (Phi) is 3.74. The summed E-state index contributed by atoms with van der Waals surface area (Å²) < 4.78 is 5.65. The largest absolute Gasteiger partial charge is 0.420 e. The fourth-order valence-corrected chi connectivity index (χ4v) is 3.53. The minimum absolute atomic E-state index is 0.107. The second-order valence-electron chi connectivity index (χ2n) is 6.47. The highest BCUT2D eigenvalue weighted by molar-refractivity contribution is 5.71. The van der Waals surface area contributed by atoms with E-state index in [1.54, 1.807) is 0 Å². The summed E-state index contributed by atoms with van der Waals surface area (Å²) in [6.45, 7) is 4.10. The zero-order valence-electron chi connectivity index (χ0n) is 14.6. The molecular weight excluding hydrogens is 324 g/mol. The minimum atomic E-state index is -0.321. The molecule has 1 aromatic heterocycles. The summed E-state index contributed by atoms with van der Waals surface area (Å²) in [5.74, 6) is 0.208. The second-order valence-corrected chi connectivity index (χ2v) is 6.47. The van der Waals surface area contributed by atoms with Crippen LogP contribution in [0.15, 0.2) is 60.0 Å². The molecular formula is C21H18N4O. The molecule has 0 unspecified atom stereocenters. The van der Waals surface area contributed by atoms with E-state index in [4.69, 9.17) is 10.5 Å². The Hall–Kier alpha value is -3.52. The summed E-state index contributed by atoms with van der Waals surface area (Å²) in [5, 5.41) is 17.1. The molecule has 0 radical (unpaired) electrons. The van der Waals surface area contributed by atoms with E-state index in [9.17, 15) is 5.26 Å². The highest BCUT2D eigenvalue weighted by Gasteiger charge is 2.36. The molecule has 1 aliphatic rings. The minimum Gasteiger partial charge on any atom is -0.420 e. The molecule has 0 amide bonds. The molecule has 1 aliphatic heterocycles. The molecule has 2 heterocycles. The number of fused-ring (bicyclic) bond motifs is 1. The second kappa shape index (κ2) is 6.08. The Morgan fingerprint density at radius 3 is 2.62 bits per heavy atom. The Morgan fingerprint density at radius 1 is 1.15 bits per heavy atom. The standard InChI is InChI=1S/C21H18N4O/c1-12-8-9-15(13(2)10-12)17-16(11-22)20(23)26-21-18(17)19(24-25-21)14-6-4-3-5-7-14/h3-10,17H,23H2,1-2H3,(H,24,25)/t17-/m1/s1. The number of hydrogen-bond acceptors (Lipinski definition) is 4. The molecule has 3 aromatic rings. The van der Waals surface area contributed by atoms with Gasteiger partial charge in [0.25, 0.3) is 0 Å². The number of aryl methyl sites for hydroxylation is 2. The quantitative estimate of drug-likeness (QED) is 0.739. The number of nitrogens with one attached hydrogen (secondary N) is 1. The van der Waals surface area contributed by atoms with Crippen molar-refractivity contribution in [3.05, 3.63) is 82.2 Å². The summed E-state index contributed by atoms with van der Waals surface area (Å²) in [7, 11) is 0. The van der Waals surface area contributed by atoms with Crippen LogP contribution in [-0.2, 0) is 0 Å². The fraction of sp³-hybridized carbons (Fsp3) is 0.143. The third kappa shape index (κ3) is 2.44. The van der Waals surface area contributed by atoms with Gasteiger partial charge < -0.3 is 10.5 Å². The van der Waals surface area contributed by atoms with Gasteiger partial charge in [-0.25, -0.2) is 0 Å². The maximum Gasteiger partial charge on any atom is 0.244 e. The molecule has 0 saturated heterocycles. The number of aromatic amines is 1. The van der Waals surface area contributed by atoms with Gasteiger partial charge in [-0.1, -0.05) is 54.1 Å². The first-order valence-corrected chi connectivity index (χ1v) is 8.38. The topological polar surface area (TPSA) is 87.7 Å². The molecule has 5 nitrogen and oxygen atoms in total. The zero-order chi connectivity index (χ0) is 18.3. The highest BCUT2D eigenvalue weighted by atomic mass is 16.5. The van der Waals surface area contributed by atoms with Crippen molar-refractivity contribution in [1.29, 1.82) is 5.26 Å². The molecule has 5 heteroatoms. The lowest BCUT2D eigenvalue weighted by molar-refractivity contribution is 0.379. The molecule has 2 aromatic carbocycles. The Labute approximate surface area is 151 Å². The normalized spacial score (nSPS) is 16.0. The van der Waals surface area contributed by atoms with Gasteiger partial charge in [-0.2, -0.15) is 5.26 Å². The Bertz CT molecular complexity index is 1060. The van der Waals surface area contributed by atoms with Crippen molar-refractivity contribution in [2.75, 3.05) is 0 Å². The average molecular weight is 342 g/mol. The van der Waals surface area contributed by atoms with Gasteiger partial charge in [0, 0.05) is 0 Å². The first-order valence-electron chi connectivity index (χ1n) is 8.38. The summed E-state index contributed by atoms with van der Waals surface area (Å²) in [5.41, 5.74) is 12.4. The molecule has 4 rings (SSSR count). The van der Waals surface area contributed by atoms with Crippen LogP contribution in [0, 0.1) is 25.2 Å². The van der Waals surface area contributed by atoms with Crippen molar-refractivity contribution >= 4 is 0 Å². The third-order valence-electron chi connectivity index (χ3n) is 4.74. The third-order valence-corrected chi connectivity index (χ3v) is 4.74. The lowest BCUT2D eigenvalue weighted by Gasteiger charge is -2.25. The molecule has 3 N–H and O–H groups in total. The SMILES string of the molecule is Cc1ccc([C@@H]2C(C#N)=C(N)Oc3n[nH]c(-c4ccccc4)c32)c(C)c1. The molecule has 0 saturated carbocycles. The van der Waals surface area contributed by atoms with Crippen molar-refractivity contribution in [1.82, 2.24) is 10.2 Å². The van der Waals surface area contributed by atoms with Crippen LogP contribution >= 0.6 is 0 Å². The molecule has 0 fully saturated rings. The molecule has 128 valence electrons. The molecule has 0 spiro atoms. The predicted molar refractivity (Wildman–Crippen MR) is 99.2 cm³/mol. The molecule has 26 heavy (non-hydrogen) atoms. The number of ether oxygens (including phenoxy) is 1. The molecule has 1 atom stereocenters. The maximum atomic E-state index is 9.76. The number of allylic oxidation sites excluding steroid dienone is 1. The van der Waals surface area contributed by atoms with Gasteiger partial charge in [-0.15, -0.1) is 5.10 Å². The van der Waals surface area contributed by atoms with E-state index in [1.807, 2.05) is 43.3 Å². The van der Waals surface area contributed by atoms with E-state index < -0.39 is 0 Å². The number of H-pyrrole nitrogens is 1. The number of benzene rings is 2. The van der Waals surface area contributed by atoms with Crippen LogP contribution in [0.25, 0.3) is 11.3 Å². The maximum absolute atomic E-state index is 9.76. The van der Waals surface area contributed by atoms with Crippen LogP contribution in [0.2, 0.25) is 0 Å². The van der Waals surface area contributed by atoms with Gasteiger partial charge >= 0.3 is 0 Å². The van der Waals surface area contributed by atoms with Crippen LogP contribution < -0.4 is 10.5 Å². The smallest absolute Gasteiger partial charge is 0.244 e. The van der Waals surface area contributed by atoms with E-state index in [-0.39, 0.29) is 11.8 Å². The van der Waals surface area contributed by atoms with Crippen LogP contribution in [-0.4, -0.2) is 10.2 Å². The van der Waals surface area contributed by atoms with Crippen LogP contribution in [0.3, 0.4) is 0 Å². The first-order chi connectivity index (χ1) is 12.6. The van der Waals surface area contributed by atoms with Crippen molar-refractivity contribution < 1.29 is 4.74 Å². The summed E-state index contributed by atoms with van der Waals surface area (Å²) in [6.07, 6.45) is 0. The lowest BCUT2D eigenvalue weighted by Crippen LogP contribution is -2.21. The van der Waals surface area contributed by atoms with Crippen LogP contribution in [0.5, 0.6) is 5.88 Å². The first kappa shape index (κ1) is 16.0. The zero-order valence-corrected chi connectivity index (χ0v) is 14.6. The van der Waals surface area contributed by atoms with Crippen molar-refractivity contribution in [2.24, 2.45) is 5.73 Å². The van der Waals surface area contributed by atoms with Gasteiger partial charge in [0.1, 0.15) is 11.6 Å². The number of hydrogen-bond donors (Lipinski definition) is 2. The van der Waals surface area contributed by atoms with E-state index in [0.717, 1.165) is 27.9 Å². The molecule has 0 bridgehead atoms. The van der Waals surface area contributed by atoms with Crippen LogP contribution in [0.1, 0.15) is 28.2 Å². The number of nitrogens with zero attached hydrogens (tertiary/aromatic N) is 2. The van der Waals surface area contributed by atoms with Crippen molar-refractivity contribution in [3.63, 3.8) is 0 Å². The number of nitriles is 1. The van der Waals surface area contributed by atoms with Crippen LogP contribution in [0.4, 0.5) is 0 Å². The highest BCUT2D eigenvalue weighted by Crippen LogP contribution is 2.46. The summed E-state index contributed by atoms with van der Waals surface area (Å²) in [6, 6.07) is 18.3. The van der Waals surface area contributed by atoms with Gasteiger partial charge in [0.15, 0.2) is 0 Å². The fourth-order valence-electron chi connectivity index (χ4n) is 3.53. The van der Waals surface area contributed by atoms with E-state index in [0.29, 0.717) is 11.5 Å². The lowest BCUT2D eigenvalue weighted by atomic mass is 9.81. The van der Waals surface area contributed by atoms with Gasteiger partial charge in [-0.3, -0.25) is 5.10 Å². The monoisotopic (exact) mass is 342 g/mol. The van der Waals surface area contributed by atoms with Crippen molar-refractivity contribution in [2.45, 2.75) is 19.8 Å². The van der Waals surface area contributed by atoms with E-state index in [1.165, 1.54) is 5.56 Å². The summed E-state index contributed by atoms with van der Waals surface area (Å²) in [4.78, 5) is 0. The van der Waals surface area contributed by atoms with E-state index >= 15 is 0 Å². The Morgan fingerprint density at radius 2 is 1.92 bits per heavy atom. The number of nitrogens with two attached hydrogens (primary N) is 1. The summed E-state index contributed by atoms with van der Waals surface area (Å²) >= 11 is 0. The average Bonchev–Trinajstić information content (AvgIpc) is 3.05. The number of rotatable bonds is 2. The van der Waals surface area contributed by atoms with Gasteiger partial charge in [0.2, 0.25) is 11.8 Å². The van der Waals surface area contributed by atoms with Gasteiger partial charge in [-0.05, 0) is 30.5 Å². The predicted octanol–water partition coefficient (Wildman–Crippen LogP) is 3.91.